The molecule has 0 aromatic carbocycles. The number of rotatable bonds is 2. The van der Waals surface area contributed by atoms with E-state index in [1.165, 1.54) is 17.1 Å². The second kappa shape index (κ2) is 8.70. The standard InChI is InChI=1S/C7H8NO2.C5H9O.Y/c1-2-5-8-6(9)3-4-7(8)10;1-5(2,3)4-6;/h3-4H,1-2,5H2;1-3H3;/q2*-1;. The van der Waals surface area contributed by atoms with Gasteiger partial charge in [0.15, 0.2) is 0 Å². The van der Waals surface area contributed by atoms with Crippen molar-refractivity contribution >= 4 is 18.1 Å². The van der Waals surface area contributed by atoms with Gasteiger partial charge in [0.1, 0.15) is 0 Å². The summed E-state index contributed by atoms with van der Waals surface area (Å²) in [6.07, 6.45) is 4.97. The number of carbonyl (C=O) groups is 2. The van der Waals surface area contributed by atoms with Gasteiger partial charge in [0, 0.05) is 51.4 Å². The largest absolute Gasteiger partial charge is 0.541 e. The van der Waals surface area contributed by atoms with E-state index >= 15 is 0 Å². The summed E-state index contributed by atoms with van der Waals surface area (Å²) >= 11 is 0. The van der Waals surface area contributed by atoms with Gasteiger partial charge in [-0.3, -0.25) is 20.8 Å². The van der Waals surface area contributed by atoms with Crippen LogP contribution in [-0.2, 0) is 47.1 Å². The quantitative estimate of drug-likeness (QED) is 0.570. The third-order valence-electron chi connectivity index (χ3n) is 1.59. The molecule has 1 radical (unpaired) electrons. The van der Waals surface area contributed by atoms with Crippen LogP contribution in [-0.4, -0.2) is 29.5 Å². The summed E-state index contributed by atoms with van der Waals surface area (Å²) in [6.45, 7) is 9.42. The molecule has 0 aromatic rings. The average molecular weight is 312 g/mol. The van der Waals surface area contributed by atoms with E-state index < -0.39 is 0 Å². The summed E-state index contributed by atoms with van der Waals surface area (Å²) in [5.74, 6) is -0.456. The number of nitrogens with zero attached hydrogens (tertiary/aromatic N) is 1. The summed E-state index contributed by atoms with van der Waals surface area (Å²) in [4.78, 5) is 32.4. The molecule has 5 heteroatoms. The molecule has 0 saturated heterocycles. The van der Waals surface area contributed by atoms with Gasteiger partial charge in [0.25, 0.3) is 11.8 Å². The summed E-state index contributed by atoms with van der Waals surface area (Å²) in [5, 5.41) is 0. The van der Waals surface area contributed by atoms with E-state index in [9.17, 15) is 14.4 Å². The molecular weight excluding hydrogens is 295 g/mol. The van der Waals surface area contributed by atoms with E-state index in [1.807, 2.05) is 27.1 Å². The second-order valence-corrected chi connectivity index (χ2v) is 4.37. The third-order valence-corrected chi connectivity index (χ3v) is 1.59. The van der Waals surface area contributed by atoms with Crippen molar-refractivity contribution in [3.8, 4) is 0 Å². The monoisotopic (exact) mass is 312 g/mol. The predicted molar refractivity (Wildman–Crippen MR) is 61.0 cm³/mol. The van der Waals surface area contributed by atoms with Crippen LogP contribution in [0.1, 0.15) is 27.2 Å². The first-order valence-electron chi connectivity index (χ1n) is 5.04. The Morgan fingerprint density at radius 3 is 1.82 bits per heavy atom. The van der Waals surface area contributed by atoms with Crippen molar-refractivity contribution in [1.82, 2.24) is 4.90 Å². The van der Waals surface area contributed by atoms with Crippen molar-refractivity contribution in [3.05, 3.63) is 19.1 Å². The zero-order valence-electron chi connectivity index (χ0n) is 10.5. The summed E-state index contributed by atoms with van der Waals surface area (Å²) < 4.78 is 0. The van der Waals surface area contributed by atoms with Crippen LogP contribution in [0, 0.1) is 12.3 Å². The maximum absolute atomic E-state index is 10.8. The molecule has 0 aliphatic carbocycles. The average Bonchev–Trinajstić information content (AvgIpc) is 2.50. The van der Waals surface area contributed by atoms with Gasteiger partial charge in [-0.2, -0.15) is 6.42 Å². The molecule has 0 saturated carbocycles. The van der Waals surface area contributed by atoms with Gasteiger partial charge in [-0.05, 0) is 0 Å². The maximum Gasteiger partial charge on any atom is 0.253 e. The molecule has 93 valence electrons. The number of imide groups is 1. The molecule has 0 aromatic heterocycles. The van der Waals surface area contributed by atoms with Crippen LogP contribution in [0.3, 0.4) is 0 Å². The van der Waals surface area contributed by atoms with E-state index in [1.54, 1.807) is 0 Å². The van der Waals surface area contributed by atoms with Crippen molar-refractivity contribution < 1.29 is 47.1 Å². The normalized spacial score (nSPS) is 14.0. The maximum atomic E-state index is 10.8. The van der Waals surface area contributed by atoms with Gasteiger partial charge in [0.05, 0.1) is 0 Å². The Bertz CT molecular complexity index is 287. The van der Waals surface area contributed by atoms with Crippen LogP contribution in [0.2, 0.25) is 0 Å². The second-order valence-electron chi connectivity index (χ2n) is 4.37. The summed E-state index contributed by atoms with van der Waals surface area (Å²) in [5.41, 5.74) is -0.264. The van der Waals surface area contributed by atoms with Crippen molar-refractivity contribution in [1.29, 1.82) is 0 Å². The van der Waals surface area contributed by atoms with Gasteiger partial charge in [-0.1, -0.05) is 20.8 Å². The van der Waals surface area contributed by atoms with E-state index in [-0.39, 0.29) is 49.9 Å². The van der Waals surface area contributed by atoms with Crippen molar-refractivity contribution in [2.24, 2.45) is 5.41 Å². The van der Waals surface area contributed by atoms with Gasteiger partial charge in [0.2, 0.25) is 0 Å². The van der Waals surface area contributed by atoms with Crippen LogP contribution < -0.4 is 0 Å². The molecule has 1 rings (SSSR count). The first-order chi connectivity index (χ1) is 7.31. The van der Waals surface area contributed by atoms with E-state index in [2.05, 4.69) is 6.92 Å². The minimum absolute atomic E-state index is 0. The van der Waals surface area contributed by atoms with Crippen LogP contribution in [0.5, 0.6) is 0 Å². The summed E-state index contributed by atoms with van der Waals surface area (Å²) in [7, 11) is 0. The smallest absolute Gasteiger partial charge is 0.253 e. The molecule has 4 nitrogen and oxygen atoms in total. The Morgan fingerprint density at radius 1 is 1.24 bits per heavy atom. The Morgan fingerprint density at radius 2 is 1.59 bits per heavy atom. The fourth-order valence-electron chi connectivity index (χ4n) is 0.810. The molecule has 1 aliphatic rings. The third kappa shape index (κ3) is 8.39. The molecule has 1 heterocycles. The SMILES string of the molecule is CC(C)(C)[C-]=O.[CH2-]CCN1C(=O)C=CC1=O.[Y]. The van der Waals surface area contributed by atoms with Gasteiger partial charge >= 0.3 is 0 Å². The molecule has 0 spiro atoms. The topological polar surface area (TPSA) is 54.5 Å². The van der Waals surface area contributed by atoms with Gasteiger partial charge < -0.3 is 11.7 Å². The molecule has 0 unspecified atom stereocenters. The van der Waals surface area contributed by atoms with E-state index in [0.717, 1.165) is 0 Å². The Balaban J connectivity index is 0. The first-order valence-corrected chi connectivity index (χ1v) is 5.04. The predicted octanol–water partition coefficient (Wildman–Crippen LogP) is 1.28. The molecule has 0 bridgehead atoms. The van der Waals surface area contributed by atoms with E-state index in [0.29, 0.717) is 13.0 Å². The molecular formula is C12H17NO3Y-2. The molecule has 1 aliphatic heterocycles. The number of hydrogen-bond acceptors (Lipinski definition) is 3. The number of carbonyl (C=O) groups excluding carboxylic acids is 3. The van der Waals surface area contributed by atoms with Crippen molar-refractivity contribution in [2.75, 3.05) is 6.54 Å². The molecule has 0 N–H and O–H groups in total. The van der Waals surface area contributed by atoms with Crippen LogP contribution in [0.4, 0.5) is 0 Å². The molecule has 2 amide bonds. The zero-order chi connectivity index (χ0) is 12.8. The first kappa shape index (κ1) is 19.0. The molecule has 0 atom stereocenters. The van der Waals surface area contributed by atoms with Gasteiger partial charge in [-0.25, -0.2) is 0 Å². The zero-order valence-corrected chi connectivity index (χ0v) is 13.4. The minimum Gasteiger partial charge on any atom is -0.541 e. The number of amides is 2. The van der Waals surface area contributed by atoms with Crippen LogP contribution >= 0.6 is 0 Å². The molecule has 0 fully saturated rings. The minimum atomic E-state index is -0.264. The Labute approximate surface area is 128 Å². The Kier molecular flexibility index (Phi) is 9.73. The van der Waals surface area contributed by atoms with Gasteiger partial charge in [-0.15, -0.1) is 5.41 Å². The fourth-order valence-corrected chi connectivity index (χ4v) is 0.810. The fraction of sp³-hybridized carbons (Fsp3) is 0.500. The van der Waals surface area contributed by atoms with Crippen molar-refractivity contribution in [3.63, 3.8) is 0 Å². The number of hydrogen-bond donors (Lipinski definition) is 0. The summed E-state index contributed by atoms with van der Waals surface area (Å²) in [6, 6.07) is 0. The van der Waals surface area contributed by atoms with Crippen molar-refractivity contribution in [2.45, 2.75) is 27.2 Å². The van der Waals surface area contributed by atoms with Crippen LogP contribution in [0.15, 0.2) is 12.2 Å². The van der Waals surface area contributed by atoms with Crippen LogP contribution in [0.25, 0.3) is 0 Å². The molecule has 17 heavy (non-hydrogen) atoms. The Hall–Kier alpha value is -0.346. The van der Waals surface area contributed by atoms with E-state index in [4.69, 9.17) is 0 Å².